The van der Waals surface area contributed by atoms with Gasteiger partial charge in [-0.2, -0.15) is 4.89 Å². The Bertz CT molecular complexity index is 1790. The molecule has 2 aliphatic carbocycles. The van der Waals surface area contributed by atoms with Crippen molar-refractivity contribution in [2.75, 3.05) is 6.61 Å². The first-order valence-corrected chi connectivity index (χ1v) is 24.6. The summed E-state index contributed by atoms with van der Waals surface area (Å²) >= 11 is 0. The molecule has 0 spiro atoms. The van der Waals surface area contributed by atoms with Crippen molar-refractivity contribution in [3.05, 3.63) is 120 Å². The molecule has 2 aliphatic rings. The smallest absolute Gasteiger partial charge is 0.344 e. The van der Waals surface area contributed by atoms with Gasteiger partial charge in [0.05, 0.1) is 6.20 Å². The van der Waals surface area contributed by atoms with Gasteiger partial charge < -0.3 is 23.7 Å². The molecule has 1 fully saturated rings. The molecule has 0 unspecified atom stereocenters. The SMILES string of the molecule is C=C(OON/C=C(/OO[C@@H](CCCCC)CC[C@@H]1[C@H]2Cc3cccc(OCC(=O)OCc4ccccc4)c3C[C@H]2C[C@H]1O[Si](C)(C)C(C)(C)C)C(C)C)c1ccccc1. The molecule has 0 aromatic heterocycles. The minimum absolute atomic E-state index is 0.0359. The lowest BCUT2D eigenvalue weighted by atomic mass is 9.73. The van der Waals surface area contributed by atoms with Crippen molar-refractivity contribution in [3.63, 3.8) is 0 Å². The molecule has 5 rings (SSSR count). The van der Waals surface area contributed by atoms with E-state index in [2.05, 4.69) is 65.0 Å². The highest BCUT2D eigenvalue weighted by atomic mass is 28.4. The first kappa shape index (κ1) is 46.0. The normalized spacial score (nSPS) is 19.7. The van der Waals surface area contributed by atoms with E-state index in [1.807, 2.05) is 80.6 Å². The zero-order valence-electron chi connectivity index (χ0n) is 36.8. The van der Waals surface area contributed by atoms with Crippen molar-refractivity contribution in [1.29, 1.82) is 0 Å². The van der Waals surface area contributed by atoms with Crippen LogP contribution in [-0.4, -0.2) is 33.1 Å². The molecular formula is C49H69NO8Si. The van der Waals surface area contributed by atoms with E-state index >= 15 is 0 Å². The standard InChI is InChI=1S/C49H69NO8Si/c1-10-11-14-25-41(55-56-47(35(2)3)32-50-58-54-36(4)38-22-17-13-18-23-38)27-28-42-43-29-39-24-19-26-45(52-34-48(51)53-33-37-20-15-12-16-21-37)44(39)30-40(43)31-46(42)57-59(8,9)49(5,6)7/h12-13,15-24,26,32,35,40-43,46,50H,4,10-11,14,25,27-31,33-34H2,1-3,5-9H3/b47-32+/t40-,41-,42+,43-,46+/m0/s1. The molecule has 0 amide bonds. The van der Waals surface area contributed by atoms with Crippen LogP contribution in [-0.2, 0) is 53.1 Å². The summed E-state index contributed by atoms with van der Waals surface area (Å²) in [5.74, 6) is 2.74. The minimum atomic E-state index is -2.07. The average molecular weight is 828 g/mol. The van der Waals surface area contributed by atoms with Gasteiger partial charge in [0.15, 0.2) is 26.4 Å². The summed E-state index contributed by atoms with van der Waals surface area (Å²) in [6.45, 7) is 22.1. The molecule has 0 saturated heterocycles. The Balaban J connectivity index is 1.25. The molecule has 0 heterocycles. The van der Waals surface area contributed by atoms with E-state index in [1.165, 1.54) is 11.1 Å². The van der Waals surface area contributed by atoms with Crippen molar-refractivity contribution in [3.8, 4) is 5.75 Å². The highest BCUT2D eigenvalue weighted by molar-refractivity contribution is 6.74. The molecule has 1 saturated carbocycles. The number of nitrogens with one attached hydrogen (secondary N) is 1. The summed E-state index contributed by atoms with van der Waals surface area (Å²) in [6.07, 6.45) is 10.7. The van der Waals surface area contributed by atoms with Crippen LogP contribution >= 0.6 is 0 Å². The van der Waals surface area contributed by atoms with E-state index in [9.17, 15) is 4.79 Å². The Labute approximate surface area is 354 Å². The molecule has 322 valence electrons. The molecule has 0 radical (unpaired) electrons. The number of carbonyl (C=O) groups excluding carboxylic acids is 1. The Kier molecular flexibility index (Phi) is 17.1. The molecule has 3 aromatic carbocycles. The number of unbranched alkanes of at least 4 members (excludes halogenated alkanes) is 2. The number of hydrogen-bond acceptors (Lipinski definition) is 9. The number of benzene rings is 3. The first-order chi connectivity index (χ1) is 28.3. The predicted molar refractivity (Wildman–Crippen MR) is 236 cm³/mol. The van der Waals surface area contributed by atoms with E-state index in [0.29, 0.717) is 29.3 Å². The van der Waals surface area contributed by atoms with Gasteiger partial charge in [0.1, 0.15) is 18.5 Å². The second-order valence-corrected chi connectivity index (χ2v) is 22.9. The largest absolute Gasteiger partial charge is 0.482 e. The van der Waals surface area contributed by atoms with Crippen molar-refractivity contribution >= 4 is 20.0 Å². The van der Waals surface area contributed by atoms with Gasteiger partial charge in [-0.1, -0.05) is 145 Å². The fraction of sp³-hybridized carbons (Fsp3) is 0.531. The van der Waals surface area contributed by atoms with Crippen LogP contribution in [0.5, 0.6) is 5.75 Å². The Hall–Kier alpha value is -4.09. The summed E-state index contributed by atoms with van der Waals surface area (Å²) in [7, 11) is -2.07. The Morgan fingerprint density at radius 2 is 1.66 bits per heavy atom. The number of allylic oxidation sites excluding steroid dienone is 1. The highest BCUT2D eigenvalue weighted by Crippen LogP contribution is 2.51. The first-order valence-electron chi connectivity index (χ1n) is 21.7. The fourth-order valence-corrected chi connectivity index (χ4v) is 9.38. The van der Waals surface area contributed by atoms with Gasteiger partial charge in [0.25, 0.3) is 0 Å². The molecule has 5 atom stereocenters. The van der Waals surface area contributed by atoms with Crippen LogP contribution in [0.4, 0.5) is 0 Å². The third-order valence-corrected chi connectivity index (χ3v) is 17.0. The summed E-state index contributed by atoms with van der Waals surface area (Å²) in [5, 5.41) is 0.0984. The average Bonchev–Trinajstić information content (AvgIpc) is 3.54. The van der Waals surface area contributed by atoms with Crippen molar-refractivity contribution in [2.24, 2.45) is 23.7 Å². The number of ether oxygens (including phenoxy) is 2. The lowest BCUT2D eigenvalue weighted by Crippen LogP contribution is -2.45. The third kappa shape index (κ3) is 13.5. The van der Waals surface area contributed by atoms with E-state index in [-0.39, 0.29) is 42.3 Å². The third-order valence-electron chi connectivity index (χ3n) is 12.4. The quantitative estimate of drug-likeness (QED) is 0.0250. The maximum Gasteiger partial charge on any atom is 0.344 e. The monoisotopic (exact) mass is 827 g/mol. The number of esters is 1. The van der Waals surface area contributed by atoms with Crippen LogP contribution in [0.15, 0.2) is 97.4 Å². The molecule has 59 heavy (non-hydrogen) atoms. The van der Waals surface area contributed by atoms with Gasteiger partial charge in [-0.05, 0) is 97.2 Å². The summed E-state index contributed by atoms with van der Waals surface area (Å²) in [4.78, 5) is 35.6. The molecular weight excluding hydrogens is 759 g/mol. The van der Waals surface area contributed by atoms with Crippen LogP contribution in [0.25, 0.3) is 5.76 Å². The van der Waals surface area contributed by atoms with Gasteiger partial charge >= 0.3 is 5.97 Å². The second-order valence-electron chi connectivity index (χ2n) is 18.1. The van der Waals surface area contributed by atoms with Crippen LogP contribution in [0, 0.1) is 23.7 Å². The van der Waals surface area contributed by atoms with E-state index in [1.54, 1.807) is 6.20 Å². The number of rotatable bonds is 23. The number of fused-ring (bicyclic) bond motifs is 2. The van der Waals surface area contributed by atoms with Crippen LogP contribution < -0.4 is 10.2 Å². The van der Waals surface area contributed by atoms with Crippen molar-refractivity contribution < 1.29 is 38.3 Å². The molecule has 0 bridgehead atoms. The van der Waals surface area contributed by atoms with Gasteiger partial charge in [-0.15, -0.1) is 0 Å². The lowest BCUT2D eigenvalue weighted by molar-refractivity contribution is -0.306. The van der Waals surface area contributed by atoms with E-state index in [4.69, 9.17) is 33.6 Å². The molecule has 10 heteroatoms. The van der Waals surface area contributed by atoms with Gasteiger partial charge in [0, 0.05) is 17.6 Å². The summed E-state index contributed by atoms with van der Waals surface area (Å²) < 4.78 is 19.0. The van der Waals surface area contributed by atoms with Crippen LogP contribution in [0.2, 0.25) is 18.1 Å². The van der Waals surface area contributed by atoms with Gasteiger partial charge in [-0.3, -0.25) is 0 Å². The number of hydroxylamine groups is 1. The van der Waals surface area contributed by atoms with Gasteiger partial charge in [0.2, 0.25) is 0 Å². The maximum atomic E-state index is 12.7. The maximum absolute atomic E-state index is 12.7. The fourth-order valence-electron chi connectivity index (χ4n) is 8.00. The highest BCUT2D eigenvalue weighted by Gasteiger charge is 2.49. The minimum Gasteiger partial charge on any atom is -0.482 e. The second kappa shape index (κ2) is 22.0. The van der Waals surface area contributed by atoms with Crippen molar-refractivity contribution in [2.45, 2.75) is 136 Å². The van der Waals surface area contributed by atoms with E-state index < -0.39 is 8.32 Å². The topological polar surface area (TPSA) is 93.7 Å². The van der Waals surface area contributed by atoms with Crippen molar-refractivity contribution in [1.82, 2.24) is 5.48 Å². The zero-order chi connectivity index (χ0) is 42.4. The van der Waals surface area contributed by atoms with E-state index in [0.717, 1.165) is 74.7 Å². The molecule has 1 N–H and O–H groups in total. The number of carbonyl (C=O) groups is 1. The Morgan fingerprint density at radius 3 is 2.36 bits per heavy atom. The molecule has 3 aromatic rings. The van der Waals surface area contributed by atoms with Crippen LogP contribution in [0.1, 0.15) is 109 Å². The zero-order valence-corrected chi connectivity index (χ0v) is 37.8. The van der Waals surface area contributed by atoms with Crippen LogP contribution in [0.3, 0.4) is 0 Å². The summed E-state index contributed by atoms with van der Waals surface area (Å²) in [6, 6.07) is 25.6. The molecule has 9 nitrogen and oxygen atoms in total. The summed E-state index contributed by atoms with van der Waals surface area (Å²) in [5.41, 5.74) is 7.03. The number of hydrogen-bond donors (Lipinski definition) is 1. The van der Waals surface area contributed by atoms with Gasteiger partial charge in [-0.25, -0.2) is 10.3 Å². The lowest BCUT2D eigenvalue weighted by Gasteiger charge is -2.40. The molecule has 0 aliphatic heterocycles. The Morgan fingerprint density at radius 1 is 0.932 bits per heavy atom. The predicted octanol–water partition coefficient (Wildman–Crippen LogP) is 11.8.